The van der Waals surface area contributed by atoms with Gasteiger partial charge in [0.1, 0.15) is 0 Å². The molecular formula is C18H27NO. The van der Waals surface area contributed by atoms with Crippen molar-refractivity contribution in [2.75, 3.05) is 11.9 Å². The van der Waals surface area contributed by atoms with Gasteiger partial charge in [-0.3, -0.25) is 0 Å². The maximum absolute atomic E-state index is 10.2. The predicted molar refractivity (Wildman–Crippen MR) is 84.2 cm³/mol. The highest BCUT2D eigenvalue weighted by Crippen LogP contribution is 2.30. The van der Waals surface area contributed by atoms with Crippen LogP contribution in [0.15, 0.2) is 18.2 Å². The van der Waals surface area contributed by atoms with Crippen molar-refractivity contribution in [1.29, 1.82) is 0 Å². The van der Waals surface area contributed by atoms with Gasteiger partial charge in [0.05, 0.1) is 6.10 Å². The number of aryl methyl sites for hydroxylation is 1. The Morgan fingerprint density at radius 2 is 1.90 bits per heavy atom. The highest BCUT2D eigenvalue weighted by molar-refractivity contribution is 5.55. The fourth-order valence-corrected chi connectivity index (χ4v) is 3.89. The number of rotatable bonds is 5. The zero-order chi connectivity index (χ0) is 13.8. The molecule has 0 amide bonds. The van der Waals surface area contributed by atoms with Gasteiger partial charge in [-0.2, -0.15) is 0 Å². The number of anilines is 1. The molecule has 1 fully saturated rings. The van der Waals surface area contributed by atoms with Crippen molar-refractivity contribution in [3.63, 3.8) is 0 Å². The maximum Gasteiger partial charge on any atom is 0.0715 e. The molecule has 110 valence electrons. The largest absolute Gasteiger partial charge is 0.391 e. The summed E-state index contributed by atoms with van der Waals surface area (Å²) in [6.45, 7) is 0.701. The van der Waals surface area contributed by atoms with Crippen molar-refractivity contribution in [2.24, 2.45) is 5.92 Å². The Bertz CT molecular complexity index is 437. The molecule has 1 aromatic carbocycles. The molecule has 0 aromatic heterocycles. The summed E-state index contributed by atoms with van der Waals surface area (Å²) in [6, 6.07) is 6.58. The summed E-state index contributed by atoms with van der Waals surface area (Å²) in [5, 5.41) is 13.7. The molecule has 2 nitrogen and oxygen atoms in total. The van der Waals surface area contributed by atoms with E-state index in [4.69, 9.17) is 0 Å². The topological polar surface area (TPSA) is 32.3 Å². The fraction of sp³-hybridized carbons (Fsp3) is 0.667. The van der Waals surface area contributed by atoms with Gasteiger partial charge in [0.2, 0.25) is 0 Å². The van der Waals surface area contributed by atoms with Crippen molar-refractivity contribution in [1.82, 2.24) is 0 Å². The van der Waals surface area contributed by atoms with E-state index in [1.807, 2.05) is 0 Å². The van der Waals surface area contributed by atoms with Crippen molar-refractivity contribution in [3.05, 3.63) is 29.3 Å². The molecular weight excluding hydrogens is 246 g/mol. The lowest BCUT2D eigenvalue weighted by Gasteiger charge is -2.22. The van der Waals surface area contributed by atoms with Crippen LogP contribution in [0.3, 0.4) is 0 Å². The Morgan fingerprint density at radius 1 is 1.10 bits per heavy atom. The van der Waals surface area contributed by atoms with E-state index in [9.17, 15) is 5.11 Å². The smallest absolute Gasteiger partial charge is 0.0715 e. The van der Waals surface area contributed by atoms with Crippen molar-refractivity contribution >= 4 is 5.69 Å². The Balaban J connectivity index is 1.55. The third-order valence-electron chi connectivity index (χ3n) is 5.00. The first kappa shape index (κ1) is 13.9. The molecule has 0 aliphatic heterocycles. The molecule has 1 saturated carbocycles. The Labute approximate surface area is 122 Å². The van der Waals surface area contributed by atoms with Crippen LogP contribution in [-0.2, 0) is 12.8 Å². The van der Waals surface area contributed by atoms with Gasteiger partial charge in [-0.25, -0.2) is 0 Å². The molecule has 3 rings (SSSR count). The van der Waals surface area contributed by atoms with Gasteiger partial charge in [0.25, 0.3) is 0 Å². The molecule has 0 radical (unpaired) electrons. The van der Waals surface area contributed by atoms with Crippen molar-refractivity contribution in [3.8, 4) is 0 Å². The number of fused-ring (bicyclic) bond motifs is 1. The molecule has 20 heavy (non-hydrogen) atoms. The SMILES string of the molecule is OC(CNc1cccc2c1CCCC2)CC1CCCC1. The van der Waals surface area contributed by atoms with E-state index < -0.39 is 0 Å². The van der Waals surface area contributed by atoms with E-state index in [1.54, 1.807) is 0 Å². The fourth-order valence-electron chi connectivity index (χ4n) is 3.89. The van der Waals surface area contributed by atoms with E-state index in [0.29, 0.717) is 6.54 Å². The zero-order valence-electron chi connectivity index (χ0n) is 12.4. The van der Waals surface area contributed by atoms with E-state index >= 15 is 0 Å². The summed E-state index contributed by atoms with van der Waals surface area (Å²) in [7, 11) is 0. The van der Waals surface area contributed by atoms with Gasteiger partial charge < -0.3 is 10.4 Å². The molecule has 0 bridgehead atoms. The van der Waals surface area contributed by atoms with Crippen LogP contribution < -0.4 is 5.32 Å². The lowest BCUT2D eigenvalue weighted by molar-refractivity contribution is 0.155. The second-order valence-electron chi connectivity index (χ2n) is 6.57. The Morgan fingerprint density at radius 3 is 2.75 bits per heavy atom. The number of aliphatic hydroxyl groups excluding tert-OH is 1. The molecule has 0 heterocycles. The second kappa shape index (κ2) is 6.62. The van der Waals surface area contributed by atoms with Gasteiger partial charge in [0, 0.05) is 12.2 Å². The standard InChI is InChI=1S/C18H27NO/c20-16(12-14-6-1-2-7-14)13-19-18-11-5-9-15-8-3-4-10-17(15)18/h5,9,11,14,16,19-20H,1-4,6-8,10,12-13H2. The van der Waals surface area contributed by atoms with Gasteiger partial charge in [-0.1, -0.05) is 37.8 Å². The molecule has 0 spiro atoms. The van der Waals surface area contributed by atoms with Gasteiger partial charge in [-0.05, 0) is 55.2 Å². The van der Waals surface area contributed by atoms with Gasteiger partial charge in [-0.15, -0.1) is 0 Å². The first-order valence-corrected chi connectivity index (χ1v) is 8.35. The highest BCUT2D eigenvalue weighted by atomic mass is 16.3. The van der Waals surface area contributed by atoms with Crippen LogP contribution in [0, 0.1) is 5.92 Å². The van der Waals surface area contributed by atoms with E-state index in [2.05, 4.69) is 23.5 Å². The summed E-state index contributed by atoms with van der Waals surface area (Å²) in [4.78, 5) is 0. The summed E-state index contributed by atoms with van der Waals surface area (Å²) in [5.74, 6) is 0.761. The molecule has 1 unspecified atom stereocenters. The summed E-state index contributed by atoms with van der Waals surface area (Å²) >= 11 is 0. The van der Waals surface area contributed by atoms with Crippen LogP contribution in [0.5, 0.6) is 0 Å². The first-order chi connectivity index (χ1) is 9.83. The molecule has 2 heteroatoms. The van der Waals surface area contributed by atoms with Gasteiger partial charge in [0.15, 0.2) is 0 Å². The van der Waals surface area contributed by atoms with E-state index in [-0.39, 0.29) is 6.10 Å². The average Bonchev–Trinajstić information content (AvgIpc) is 2.98. The Kier molecular flexibility index (Phi) is 4.62. The van der Waals surface area contributed by atoms with Gasteiger partial charge >= 0.3 is 0 Å². The third kappa shape index (κ3) is 3.35. The predicted octanol–water partition coefficient (Wildman–Crippen LogP) is 3.92. The number of hydrogen-bond donors (Lipinski definition) is 2. The highest BCUT2D eigenvalue weighted by Gasteiger charge is 2.19. The maximum atomic E-state index is 10.2. The quantitative estimate of drug-likeness (QED) is 0.852. The average molecular weight is 273 g/mol. The summed E-state index contributed by atoms with van der Waals surface area (Å²) in [6.07, 6.45) is 11.2. The Hall–Kier alpha value is -1.02. The molecule has 2 N–H and O–H groups in total. The van der Waals surface area contributed by atoms with E-state index in [1.165, 1.54) is 68.2 Å². The molecule has 2 aliphatic rings. The second-order valence-corrected chi connectivity index (χ2v) is 6.57. The molecule has 1 atom stereocenters. The monoisotopic (exact) mass is 273 g/mol. The van der Waals surface area contributed by atoms with Crippen molar-refractivity contribution in [2.45, 2.75) is 63.9 Å². The first-order valence-electron chi connectivity index (χ1n) is 8.35. The van der Waals surface area contributed by atoms with Crippen LogP contribution >= 0.6 is 0 Å². The van der Waals surface area contributed by atoms with Crippen LogP contribution in [0.25, 0.3) is 0 Å². The van der Waals surface area contributed by atoms with Crippen LogP contribution in [0.4, 0.5) is 5.69 Å². The lowest BCUT2D eigenvalue weighted by atomic mass is 9.90. The lowest BCUT2D eigenvalue weighted by Crippen LogP contribution is -2.23. The minimum absolute atomic E-state index is 0.197. The normalized spacial score (nSPS) is 20.6. The minimum Gasteiger partial charge on any atom is -0.391 e. The number of hydrogen-bond acceptors (Lipinski definition) is 2. The van der Waals surface area contributed by atoms with Crippen LogP contribution in [0.1, 0.15) is 56.1 Å². The number of nitrogens with one attached hydrogen (secondary N) is 1. The molecule has 0 saturated heterocycles. The van der Waals surface area contributed by atoms with Crippen molar-refractivity contribution < 1.29 is 5.11 Å². The van der Waals surface area contributed by atoms with Crippen LogP contribution in [0.2, 0.25) is 0 Å². The summed E-state index contributed by atoms with van der Waals surface area (Å²) < 4.78 is 0. The minimum atomic E-state index is -0.197. The number of benzene rings is 1. The summed E-state index contributed by atoms with van der Waals surface area (Å²) in [5.41, 5.74) is 4.26. The molecule has 1 aromatic rings. The third-order valence-corrected chi connectivity index (χ3v) is 5.00. The van der Waals surface area contributed by atoms with E-state index in [0.717, 1.165) is 12.3 Å². The number of aliphatic hydroxyl groups is 1. The zero-order valence-corrected chi connectivity index (χ0v) is 12.4. The van der Waals surface area contributed by atoms with Crippen LogP contribution in [-0.4, -0.2) is 17.8 Å². The molecule has 2 aliphatic carbocycles.